The zero-order valence-electron chi connectivity index (χ0n) is 14.3. The Morgan fingerprint density at radius 3 is 2.33 bits per heavy atom. The van der Waals surface area contributed by atoms with Gasteiger partial charge in [-0.15, -0.1) is 0 Å². The van der Waals surface area contributed by atoms with Crippen molar-refractivity contribution < 1.29 is 0 Å². The maximum atomic E-state index is 3.58. The van der Waals surface area contributed by atoms with Crippen LogP contribution in [-0.4, -0.2) is 24.5 Å². The Balaban J connectivity index is 2.01. The van der Waals surface area contributed by atoms with Crippen molar-refractivity contribution in [2.45, 2.75) is 53.5 Å². The standard InChI is InChI=1S/C19H32N2/c1-15(2)9-12-21(13-10-16(3)4)14-18-7-5-6-17-8-11-20-19(17)18/h5-7,15-16,20H,8-14H2,1-4H3. The van der Waals surface area contributed by atoms with Crippen LogP contribution >= 0.6 is 0 Å². The minimum absolute atomic E-state index is 0.783. The smallest absolute Gasteiger partial charge is 0.0419 e. The molecule has 0 saturated carbocycles. The minimum atomic E-state index is 0.783. The largest absolute Gasteiger partial charge is 0.384 e. The highest BCUT2D eigenvalue weighted by molar-refractivity contribution is 5.61. The van der Waals surface area contributed by atoms with Gasteiger partial charge in [0.2, 0.25) is 0 Å². The average Bonchev–Trinajstić information content (AvgIpc) is 2.90. The van der Waals surface area contributed by atoms with Crippen molar-refractivity contribution in [1.82, 2.24) is 4.90 Å². The van der Waals surface area contributed by atoms with Gasteiger partial charge in [0.15, 0.2) is 0 Å². The van der Waals surface area contributed by atoms with Gasteiger partial charge < -0.3 is 5.32 Å². The van der Waals surface area contributed by atoms with Gasteiger partial charge >= 0.3 is 0 Å². The van der Waals surface area contributed by atoms with Crippen LogP contribution in [0.25, 0.3) is 0 Å². The SMILES string of the molecule is CC(C)CCN(CCC(C)C)Cc1cccc2c1NCC2. The number of para-hydroxylation sites is 1. The van der Waals surface area contributed by atoms with E-state index < -0.39 is 0 Å². The van der Waals surface area contributed by atoms with Crippen molar-refractivity contribution in [3.63, 3.8) is 0 Å². The Labute approximate surface area is 130 Å². The molecule has 0 bridgehead atoms. The van der Waals surface area contributed by atoms with Gasteiger partial charge in [-0.2, -0.15) is 0 Å². The van der Waals surface area contributed by atoms with Crippen LogP contribution in [0, 0.1) is 11.8 Å². The summed E-state index contributed by atoms with van der Waals surface area (Å²) in [6, 6.07) is 6.80. The van der Waals surface area contributed by atoms with Crippen LogP contribution in [0.5, 0.6) is 0 Å². The number of rotatable bonds is 8. The molecular formula is C19H32N2. The summed E-state index contributed by atoms with van der Waals surface area (Å²) < 4.78 is 0. The number of nitrogens with zero attached hydrogens (tertiary/aromatic N) is 1. The zero-order valence-corrected chi connectivity index (χ0v) is 14.3. The van der Waals surface area contributed by atoms with Gasteiger partial charge in [-0.05, 0) is 55.3 Å². The van der Waals surface area contributed by atoms with Gasteiger partial charge in [-0.1, -0.05) is 45.9 Å². The van der Waals surface area contributed by atoms with E-state index in [1.807, 2.05) is 0 Å². The third-order valence-corrected chi connectivity index (χ3v) is 4.37. The van der Waals surface area contributed by atoms with E-state index in [0.717, 1.165) is 24.9 Å². The number of nitrogens with one attached hydrogen (secondary N) is 1. The molecule has 21 heavy (non-hydrogen) atoms. The van der Waals surface area contributed by atoms with Crippen LogP contribution < -0.4 is 5.32 Å². The Morgan fingerprint density at radius 2 is 1.71 bits per heavy atom. The number of benzene rings is 1. The summed E-state index contributed by atoms with van der Waals surface area (Å²) >= 11 is 0. The van der Waals surface area contributed by atoms with E-state index in [0.29, 0.717) is 0 Å². The molecule has 118 valence electrons. The fourth-order valence-electron chi connectivity index (χ4n) is 2.94. The lowest BCUT2D eigenvalue weighted by Crippen LogP contribution is -2.27. The molecule has 0 atom stereocenters. The number of fused-ring (bicyclic) bond motifs is 1. The summed E-state index contributed by atoms with van der Waals surface area (Å²) in [6.45, 7) is 13.9. The molecule has 1 N–H and O–H groups in total. The topological polar surface area (TPSA) is 15.3 Å². The van der Waals surface area contributed by atoms with E-state index in [1.54, 1.807) is 0 Å². The minimum Gasteiger partial charge on any atom is -0.384 e. The second-order valence-electron chi connectivity index (χ2n) is 7.27. The molecule has 0 spiro atoms. The van der Waals surface area contributed by atoms with Gasteiger partial charge in [0.25, 0.3) is 0 Å². The molecule has 0 saturated heterocycles. The van der Waals surface area contributed by atoms with E-state index in [4.69, 9.17) is 0 Å². The van der Waals surface area contributed by atoms with Gasteiger partial charge in [0.1, 0.15) is 0 Å². The molecule has 1 aliphatic heterocycles. The first kappa shape index (κ1) is 16.4. The van der Waals surface area contributed by atoms with Gasteiger partial charge in [-0.3, -0.25) is 4.90 Å². The molecule has 1 heterocycles. The highest BCUT2D eigenvalue weighted by atomic mass is 15.1. The van der Waals surface area contributed by atoms with Crippen LogP contribution in [0.4, 0.5) is 5.69 Å². The Bertz CT molecular complexity index is 425. The van der Waals surface area contributed by atoms with Gasteiger partial charge in [0, 0.05) is 18.8 Å². The molecule has 0 amide bonds. The van der Waals surface area contributed by atoms with Crippen LogP contribution in [-0.2, 0) is 13.0 Å². The monoisotopic (exact) mass is 288 g/mol. The summed E-state index contributed by atoms with van der Waals surface area (Å²) in [6.07, 6.45) is 3.77. The van der Waals surface area contributed by atoms with Gasteiger partial charge in [-0.25, -0.2) is 0 Å². The van der Waals surface area contributed by atoms with E-state index in [2.05, 4.69) is 56.1 Å². The van der Waals surface area contributed by atoms with Crippen molar-refractivity contribution in [3.8, 4) is 0 Å². The molecule has 0 fully saturated rings. The predicted octanol–water partition coefficient (Wildman–Crippen LogP) is 4.55. The quantitative estimate of drug-likeness (QED) is 0.755. The molecule has 2 heteroatoms. The number of anilines is 1. The third kappa shape index (κ3) is 5.03. The van der Waals surface area contributed by atoms with Crippen LogP contribution in [0.15, 0.2) is 18.2 Å². The van der Waals surface area contributed by atoms with Gasteiger partial charge in [0.05, 0.1) is 0 Å². The van der Waals surface area contributed by atoms with E-state index in [-0.39, 0.29) is 0 Å². The fraction of sp³-hybridized carbons (Fsp3) is 0.684. The maximum absolute atomic E-state index is 3.58. The number of hydrogen-bond acceptors (Lipinski definition) is 2. The third-order valence-electron chi connectivity index (χ3n) is 4.37. The van der Waals surface area contributed by atoms with E-state index in [9.17, 15) is 0 Å². The normalized spacial score (nSPS) is 14.0. The summed E-state index contributed by atoms with van der Waals surface area (Å²) in [5.41, 5.74) is 4.40. The van der Waals surface area contributed by atoms with E-state index >= 15 is 0 Å². The van der Waals surface area contributed by atoms with Crippen LogP contribution in [0.3, 0.4) is 0 Å². The Hall–Kier alpha value is -1.02. The van der Waals surface area contributed by atoms with E-state index in [1.165, 1.54) is 49.2 Å². The predicted molar refractivity (Wildman–Crippen MR) is 92.8 cm³/mol. The Morgan fingerprint density at radius 1 is 1.05 bits per heavy atom. The summed E-state index contributed by atoms with van der Waals surface area (Å²) in [4.78, 5) is 2.65. The molecule has 2 nitrogen and oxygen atoms in total. The molecule has 1 aromatic carbocycles. The van der Waals surface area contributed by atoms with Crippen molar-refractivity contribution in [3.05, 3.63) is 29.3 Å². The lowest BCUT2D eigenvalue weighted by atomic mass is 10.1. The highest BCUT2D eigenvalue weighted by Gasteiger charge is 2.16. The van der Waals surface area contributed by atoms with Crippen LogP contribution in [0.2, 0.25) is 0 Å². The molecule has 1 aromatic rings. The molecule has 2 rings (SSSR count). The number of hydrogen-bond donors (Lipinski definition) is 1. The van der Waals surface area contributed by atoms with Crippen molar-refractivity contribution >= 4 is 5.69 Å². The first-order valence-corrected chi connectivity index (χ1v) is 8.63. The van der Waals surface area contributed by atoms with Crippen molar-refractivity contribution in [1.29, 1.82) is 0 Å². The molecule has 0 aromatic heterocycles. The zero-order chi connectivity index (χ0) is 15.2. The summed E-state index contributed by atoms with van der Waals surface area (Å²) in [5.74, 6) is 1.57. The lowest BCUT2D eigenvalue weighted by molar-refractivity contribution is 0.236. The Kier molecular flexibility index (Phi) is 6.10. The maximum Gasteiger partial charge on any atom is 0.0419 e. The summed E-state index contributed by atoms with van der Waals surface area (Å²) in [5, 5.41) is 3.58. The highest BCUT2D eigenvalue weighted by Crippen LogP contribution is 2.27. The average molecular weight is 288 g/mol. The molecular weight excluding hydrogens is 256 g/mol. The first-order chi connectivity index (χ1) is 10.1. The molecule has 0 radical (unpaired) electrons. The second-order valence-corrected chi connectivity index (χ2v) is 7.27. The molecule has 0 unspecified atom stereocenters. The van der Waals surface area contributed by atoms with Crippen molar-refractivity contribution in [2.24, 2.45) is 11.8 Å². The lowest BCUT2D eigenvalue weighted by Gasteiger charge is -2.25. The first-order valence-electron chi connectivity index (χ1n) is 8.63. The van der Waals surface area contributed by atoms with Crippen molar-refractivity contribution in [2.75, 3.05) is 25.0 Å². The molecule has 1 aliphatic rings. The molecule has 0 aliphatic carbocycles. The fourth-order valence-corrected chi connectivity index (χ4v) is 2.94. The second kappa shape index (κ2) is 7.84. The summed E-state index contributed by atoms with van der Waals surface area (Å²) in [7, 11) is 0. The van der Waals surface area contributed by atoms with Crippen LogP contribution in [0.1, 0.15) is 51.7 Å².